The summed E-state index contributed by atoms with van der Waals surface area (Å²) < 4.78 is 5.41. The minimum absolute atomic E-state index is 0.126. The number of rotatable bonds is 2. The normalized spacial score (nSPS) is 12.6. The predicted molar refractivity (Wildman–Crippen MR) is 58.6 cm³/mol. The zero-order valence-corrected chi connectivity index (χ0v) is 8.73. The van der Waals surface area contributed by atoms with Gasteiger partial charge in [0.1, 0.15) is 23.3 Å². The molecule has 4 N–H and O–H groups in total. The van der Waals surface area contributed by atoms with Crippen LogP contribution >= 0.6 is 0 Å². The molecule has 1 unspecified atom stereocenters. The van der Waals surface area contributed by atoms with E-state index in [4.69, 9.17) is 10.2 Å². The Balaban J connectivity index is 2.35. The largest absolute Gasteiger partial charge is 0.508 e. The third kappa shape index (κ3) is 1.99. The van der Waals surface area contributed by atoms with Gasteiger partial charge in [-0.1, -0.05) is 0 Å². The first-order chi connectivity index (χ1) is 7.56. The van der Waals surface area contributed by atoms with Gasteiger partial charge in [0.05, 0.1) is 0 Å². The van der Waals surface area contributed by atoms with Gasteiger partial charge in [-0.3, -0.25) is 4.79 Å². The van der Waals surface area contributed by atoms with Crippen LogP contribution in [-0.4, -0.2) is 11.0 Å². The van der Waals surface area contributed by atoms with Crippen molar-refractivity contribution in [3.63, 3.8) is 0 Å². The molecule has 0 aliphatic rings. The highest BCUT2D eigenvalue weighted by molar-refractivity contribution is 5.80. The molecule has 16 heavy (non-hydrogen) atoms. The second-order valence-corrected chi connectivity index (χ2v) is 3.55. The quantitative estimate of drug-likeness (QED) is 0.664. The molecule has 0 spiro atoms. The molecule has 1 aromatic carbocycles. The summed E-state index contributed by atoms with van der Waals surface area (Å²) in [6.45, 7) is 1.38. The molecule has 1 aromatic heterocycles. The molecule has 1 amide bonds. The van der Waals surface area contributed by atoms with E-state index in [2.05, 4.69) is 5.32 Å². The highest BCUT2D eigenvalue weighted by Gasteiger charge is 2.12. The SMILES string of the molecule is CC(=O)NC(N)c1cc2ccc(O)cc2o1. The Bertz CT molecular complexity index is 533. The van der Waals surface area contributed by atoms with Crippen LogP contribution in [-0.2, 0) is 4.79 Å². The molecule has 2 rings (SSSR count). The van der Waals surface area contributed by atoms with E-state index in [1.165, 1.54) is 13.0 Å². The highest BCUT2D eigenvalue weighted by atomic mass is 16.3. The fourth-order valence-corrected chi connectivity index (χ4v) is 1.48. The van der Waals surface area contributed by atoms with Gasteiger partial charge >= 0.3 is 0 Å². The molecule has 0 saturated carbocycles. The smallest absolute Gasteiger partial charge is 0.218 e. The second kappa shape index (κ2) is 3.86. The number of furan rings is 1. The van der Waals surface area contributed by atoms with Crippen LogP contribution in [0.2, 0.25) is 0 Å². The molecule has 1 heterocycles. The first-order valence-electron chi connectivity index (χ1n) is 4.81. The van der Waals surface area contributed by atoms with Gasteiger partial charge in [-0.05, 0) is 18.2 Å². The standard InChI is InChI=1S/C11H12N2O3/c1-6(14)13-11(12)10-4-7-2-3-8(15)5-9(7)16-10/h2-5,11,15H,12H2,1H3,(H,13,14). The number of hydrogen-bond acceptors (Lipinski definition) is 4. The number of carbonyl (C=O) groups excluding carboxylic acids is 1. The Morgan fingerprint density at radius 1 is 1.50 bits per heavy atom. The second-order valence-electron chi connectivity index (χ2n) is 3.55. The van der Waals surface area contributed by atoms with Crippen molar-refractivity contribution in [1.82, 2.24) is 5.32 Å². The lowest BCUT2D eigenvalue weighted by molar-refractivity contribution is -0.119. The molecule has 0 aliphatic carbocycles. The average molecular weight is 220 g/mol. The topological polar surface area (TPSA) is 88.5 Å². The molecule has 2 aromatic rings. The average Bonchev–Trinajstić information content (AvgIpc) is 2.59. The Hall–Kier alpha value is -2.01. The van der Waals surface area contributed by atoms with Crippen LogP contribution in [0, 0.1) is 0 Å². The van der Waals surface area contributed by atoms with E-state index >= 15 is 0 Å². The minimum Gasteiger partial charge on any atom is -0.508 e. The van der Waals surface area contributed by atoms with Gasteiger partial charge in [0.15, 0.2) is 0 Å². The highest BCUT2D eigenvalue weighted by Crippen LogP contribution is 2.25. The number of carbonyl (C=O) groups is 1. The maximum atomic E-state index is 10.8. The van der Waals surface area contributed by atoms with Crippen molar-refractivity contribution in [2.45, 2.75) is 13.1 Å². The van der Waals surface area contributed by atoms with Crippen molar-refractivity contribution >= 4 is 16.9 Å². The van der Waals surface area contributed by atoms with Crippen molar-refractivity contribution < 1.29 is 14.3 Å². The zero-order chi connectivity index (χ0) is 11.7. The molecule has 5 nitrogen and oxygen atoms in total. The maximum absolute atomic E-state index is 10.8. The molecular formula is C11H12N2O3. The number of hydrogen-bond donors (Lipinski definition) is 3. The van der Waals surface area contributed by atoms with Crippen LogP contribution in [0.3, 0.4) is 0 Å². The lowest BCUT2D eigenvalue weighted by atomic mass is 10.2. The van der Waals surface area contributed by atoms with Crippen LogP contribution in [0.5, 0.6) is 5.75 Å². The summed E-state index contributed by atoms with van der Waals surface area (Å²) in [6, 6.07) is 6.51. The predicted octanol–water partition coefficient (Wildman–Crippen LogP) is 1.23. The maximum Gasteiger partial charge on any atom is 0.218 e. The van der Waals surface area contributed by atoms with Gasteiger partial charge in [-0.2, -0.15) is 0 Å². The Labute approximate surface area is 91.8 Å². The van der Waals surface area contributed by atoms with Gasteiger partial charge in [-0.25, -0.2) is 0 Å². The van der Waals surface area contributed by atoms with Crippen molar-refractivity contribution in [2.75, 3.05) is 0 Å². The molecule has 0 saturated heterocycles. The summed E-state index contributed by atoms with van der Waals surface area (Å²) in [5.74, 6) is 0.355. The van der Waals surface area contributed by atoms with Gasteiger partial charge in [0, 0.05) is 18.4 Å². The number of benzene rings is 1. The summed E-state index contributed by atoms with van der Waals surface area (Å²) >= 11 is 0. The number of fused-ring (bicyclic) bond motifs is 1. The summed E-state index contributed by atoms with van der Waals surface area (Å²) in [4.78, 5) is 10.8. The van der Waals surface area contributed by atoms with E-state index in [9.17, 15) is 9.90 Å². The van der Waals surface area contributed by atoms with E-state index in [0.29, 0.717) is 11.3 Å². The van der Waals surface area contributed by atoms with Crippen LogP contribution in [0.25, 0.3) is 11.0 Å². The molecule has 0 fully saturated rings. The van der Waals surface area contributed by atoms with Crippen molar-refractivity contribution in [1.29, 1.82) is 0 Å². The van der Waals surface area contributed by atoms with Crippen LogP contribution in [0.1, 0.15) is 18.8 Å². The molecule has 0 bridgehead atoms. The number of phenols is 1. The van der Waals surface area contributed by atoms with Gasteiger partial charge < -0.3 is 20.6 Å². The summed E-state index contributed by atoms with van der Waals surface area (Å²) in [5.41, 5.74) is 6.25. The first-order valence-corrected chi connectivity index (χ1v) is 4.81. The van der Waals surface area contributed by atoms with Crippen molar-refractivity contribution in [2.24, 2.45) is 5.73 Å². The van der Waals surface area contributed by atoms with E-state index in [-0.39, 0.29) is 11.7 Å². The first kappa shape index (κ1) is 10.5. The fourth-order valence-electron chi connectivity index (χ4n) is 1.48. The van der Waals surface area contributed by atoms with Crippen LogP contribution in [0.4, 0.5) is 0 Å². The van der Waals surface area contributed by atoms with E-state index < -0.39 is 6.17 Å². The molecular weight excluding hydrogens is 208 g/mol. The number of aromatic hydroxyl groups is 1. The summed E-state index contributed by atoms with van der Waals surface area (Å²) in [7, 11) is 0. The summed E-state index contributed by atoms with van der Waals surface area (Å²) in [6.07, 6.45) is -0.674. The molecule has 0 radical (unpaired) electrons. The third-order valence-electron chi connectivity index (χ3n) is 2.19. The lowest BCUT2D eigenvalue weighted by Crippen LogP contribution is -2.31. The van der Waals surface area contributed by atoms with E-state index in [1.54, 1.807) is 18.2 Å². The van der Waals surface area contributed by atoms with Gasteiger partial charge in [0.2, 0.25) is 5.91 Å². The monoisotopic (exact) mass is 220 g/mol. The number of nitrogens with two attached hydrogens (primary N) is 1. The Morgan fingerprint density at radius 2 is 2.25 bits per heavy atom. The van der Waals surface area contributed by atoms with Crippen LogP contribution in [0.15, 0.2) is 28.7 Å². The molecule has 5 heteroatoms. The molecule has 1 atom stereocenters. The molecule has 0 aliphatic heterocycles. The van der Waals surface area contributed by atoms with Gasteiger partial charge in [-0.15, -0.1) is 0 Å². The van der Waals surface area contributed by atoms with Crippen molar-refractivity contribution in [3.8, 4) is 5.75 Å². The Kier molecular flexibility index (Phi) is 2.54. The summed E-state index contributed by atoms with van der Waals surface area (Å²) in [5, 5.41) is 12.6. The van der Waals surface area contributed by atoms with Crippen LogP contribution < -0.4 is 11.1 Å². The van der Waals surface area contributed by atoms with E-state index in [0.717, 1.165) is 5.39 Å². The zero-order valence-electron chi connectivity index (χ0n) is 8.73. The molecule has 84 valence electrons. The lowest BCUT2D eigenvalue weighted by Gasteiger charge is -2.08. The van der Waals surface area contributed by atoms with E-state index in [1.807, 2.05) is 0 Å². The van der Waals surface area contributed by atoms with Crippen molar-refractivity contribution in [3.05, 3.63) is 30.0 Å². The van der Waals surface area contributed by atoms with Gasteiger partial charge in [0.25, 0.3) is 0 Å². The number of phenolic OH excluding ortho intramolecular Hbond substituents is 1. The fraction of sp³-hybridized carbons (Fsp3) is 0.182. The number of amides is 1. The minimum atomic E-state index is -0.674. The third-order valence-corrected chi connectivity index (χ3v) is 2.19. The Morgan fingerprint density at radius 3 is 2.94 bits per heavy atom. The number of nitrogens with one attached hydrogen (secondary N) is 1.